The lowest BCUT2D eigenvalue weighted by Gasteiger charge is -2.13. The fourth-order valence-corrected chi connectivity index (χ4v) is 4.44. The van der Waals surface area contributed by atoms with Crippen LogP contribution in [0.15, 0.2) is 52.9 Å². The topological polar surface area (TPSA) is 69.2 Å². The third-order valence-electron chi connectivity index (χ3n) is 3.93. The van der Waals surface area contributed by atoms with Gasteiger partial charge >= 0.3 is 0 Å². The zero-order valence-corrected chi connectivity index (χ0v) is 16.4. The molecule has 0 N–H and O–H groups in total. The number of anilines is 1. The maximum atomic E-state index is 12.6. The molecule has 1 aromatic carbocycles. The average molecular weight is 386 g/mol. The highest BCUT2D eigenvalue weighted by Crippen LogP contribution is 2.29. The summed E-state index contributed by atoms with van der Waals surface area (Å²) < 4.78 is 12.4. The lowest BCUT2D eigenvalue weighted by Crippen LogP contribution is -2.27. The maximum Gasteiger partial charge on any atom is 0.232 e. The normalized spacial score (nSPS) is 12.0. The Morgan fingerprint density at radius 2 is 1.96 bits per heavy atom. The Morgan fingerprint density at radius 1 is 1.23 bits per heavy atom. The molecule has 1 atom stereocenters. The third-order valence-corrected chi connectivity index (χ3v) is 6.74. The van der Waals surface area contributed by atoms with Crippen molar-refractivity contribution in [3.8, 4) is 11.3 Å². The van der Waals surface area contributed by atoms with Gasteiger partial charge in [-0.1, -0.05) is 30.3 Å². The second-order valence-electron chi connectivity index (χ2n) is 5.86. The summed E-state index contributed by atoms with van der Waals surface area (Å²) in [6.45, 7) is 1.81. The summed E-state index contributed by atoms with van der Waals surface area (Å²) in [6, 6.07) is 13.6. The van der Waals surface area contributed by atoms with E-state index in [0.717, 1.165) is 16.8 Å². The molecule has 2 heterocycles. The number of aromatic nitrogens is 2. The number of nitrogens with zero attached hydrogens (tertiary/aromatic N) is 3. The number of likely N-dealkylation sites (N-methyl/N-ethyl adjacent to an activating group) is 1. The van der Waals surface area contributed by atoms with Gasteiger partial charge in [-0.05, 0) is 47.1 Å². The van der Waals surface area contributed by atoms with E-state index in [1.807, 2.05) is 49.4 Å². The molecular formula is C19H19N3O2S2. The fraction of sp³-hybridized carbons (Fsp3) is 0.211. The summed E-state index contributed by atoms with van der Waals surface area (Å²) in [7, 11) is 1.70. The number of hydrogen-bond donors (Lipinski definition) is 0. The van der Waals surface area contributed by atoms with Crippen molar-refractivity contribution < 1.29 is 9.35 Å². The number of hydrogen-bond acceptors (Lipinski definition) is 5. The Bertz CT molecular complexity index is 893. The third kappa shape index (κ3) is 4.12. The molecule has 7 heteroatoms. The van der Waals surface area contributed by atoms with Crippen LogP contribution in [0, 0.1) is 6.92 Å². The lowest BCUT2D eigenvalue weighted by molar-refractivity contribution is -0.117. The first kappa shape index (κ1) is 18.6. The van der Waals surface area contributed by atoms with E-state index >= 15 is 0 Å². The Morgan fingerprint density at radius 3 is 2.54 bits per heavy atom. The summed E-state index contributed by atoms with van der Waals surface area (Å²) in [6.07, 6.45) is 3.66. The molecule has 0 aliphatic carbocycles. The zero-order valence-electron chi connectivity index (χ0n) is 14.8. The smallest absolute Gasteiger partial charge is 0.232 e. The van der Waals surface area contributed by atoms with Gasteiger partial charge in [0.1, 0.15) is 11.9 Å². The van der Waals surface area contributed by atoms with Crippen molar-refractivity contribution >= 4 is 33.6 Å². The first-order chi connectivity index (χ1) is 12.5. The molecule has 26 heavy (non-hydrogen) atoms. The molecule has 0 saturated heterocycles. The minimum atomic E-state index is -1.10. The van der Waals surface area contributed by atoms with Crippen molar-refractivity contribution in [3.05, 3.63) is 59.9 Å². The summed E-state index contributed by atoms with van der Waals surface area (Å²) in [5, 5.41) is 0.572. The second kappa shape index (κ2) is 7.99. The van der Waals surface area contributed by atoms with Gasteiger partial charge < -0.3 is 4.55 Å². The van der Waals surface area contributed by atoms with Gasteiger partial charge in [-0.2, -0.15) is 0 Å². The van der Waals surface area contributed by atoms with E-state index in [-0.39, 0.29) is 12.3 Å². The van der Waals surface area contributed by atoms with Gasteiger partial charge in [0.25, 0.3) is 0 Å². The molecule has 1 unspecified atom stereocenters. The number of thiazole rings is 1. The van der Waals surface area contributed by atoms with Crippen LogP contribution in [-0.4, -0.2) is 33.7 Å². The number of benzene rings is 1. The molecule has 5 nitrogen and oxygen atoms in total. The number of rotatable bonds is 5. The van der Waals surface area contributed by atoms with E-state index in [9.17, 15) is 9.35 Å². The van der Waals surface area contributed by atoms with Gasteiger partial charge in [0.15, 0.2) is 5.13 Å². The van der Waals surface area contributed by atoms with Gasteiger partial charge in [0, 0.05) is 18.8 Å². The molecule has 0 fully saturated rings. The second-order valence-corrected chi connectivity index (χ2v) is 8.42. The lowest BCUT2D eigenvalue weighted by atomic mass is 10.1. The first-order valence-electron chi connectivity index (χ1n) is 8.03. The summed E-state index contributed by atoms with van der Waals surface area (Å²) in [5.74, 6) is -0.0576. The van der Waals surface area contributed by atoms with Crippen LogP contribution in [-0.2, 0) is 22.4 Å². The highest BCUT2D eigenvalue weighted by Gasteiger charge is 2.21. The van der Waals surface area contributed by atoms with Crippen LogP contribution in [0.1, 0.15) is 11.3 Å². The Balaban J connectivity index is 1.70. The minimum Gasteiger partial charge on any atom is -0.611 e. The van der Waals surface area contributed by atoms with Gasteiger partial charge in [0.2, 0.25) is 10.1 Å². The van der Waals surface area contributed by atoms with E-state index < -0.39 is 11.2 Å². The van der Waals surface area contributed by atoms with E-state index in [1.165, 1.54) is 16.2 Å². The van der Waals surface area contributed by atoms with E-state index in [1.54, 1.807) is 19.5 Å². The molecule has 2 aromatic heterocycles. The monoisotopic (exact) mass is 385 g/mol. The quantitative estimate of drug-likeness (QED) is 0.631. The minimum absolute atomic E-state index is 0.0576. The molecule has 3 rings (SSSR count). The van der Waals surface area contributed by atoms with E-state index in [2.05, 4.69) is 9.97 Å². The molecule has 0 spiro atoms. The predicted molar refractivity (Wildman–Crippen MR) is 106 cm³/mol. The highest BCUT2D eigenvalue weighted by atomic mass is 32.2. The van der Waals surface area contributed by atoms with Crippen LogP contribution >= 0.6 is 11.3 Å². The maximum absolute atomic E-state index is 12.6. The van der Waals surface area contributed by atoms with Crippen molar-refractivity contribution in [2.75, 3.05) is 18.2 Å². The molecule has 0 bridgehead atoms. The first-order valence-corrected chi connectivity index (χ1v) is 10.4. The molecule has 0 aliphatic rings. The number of carbonyl (C=O) groups excluding carboxylic acids is 1. The van der Waals surface area contributed by atoms with Crippen molar-refractivity contribution in [3.63, 3.8) is 0 Å². The average Bonchev–Trinajstić information content (AvgIpc) is 3.04. The van der Waals surface area contributed by atoms with Crippen LogP contribution in [0.2, 0.25) is 0 Å². The molecule has 0 saturated carbocycles. The number of amides is 1. The Kier molecular flexibility index (Phi) is 5.70. The van der Waals surface area contributed by atoms with E-state index in [0.29, 0.717) is 15.0 Å². The van der Waals surface area contributed by atoms with Crippen LogP contribution < -0.4 is 4.90 Å². The Labute approximate surface area is 159 Å². The number of aryl methyl sites for hydroxylation is 1. The van der Waals surface area contributed by atoms with Crippen LogP contribution in [0.4, 0.5) is 5.13 Å². The van der Waals surface area contributed by atoms with Crippen molar-refractivity contribution in [1.29, 1.82) is 0 Å². The fourth-order valence-electron chi connectivity index (χ4n) is 2.51. The highest BCUT2D eigenvalue weighted by molar-refractivity contribution is 7.92. The van der Waals surface area contributed by atoms with E-state index in [4.69, 9.17) is 0 Å². The van der Waals surface area contributed by atoms with Crippen LogP contribution in [0.25, 0.3) is 11.3 Å². The molecule has 1 amide bonds. The zero-order chi connectivity index (χ0) is 18.7. The number of carbonyl (C=O) groups is 1. The van der Waals surface area contributed by atoms with Crippen molar-refractivity contribution in [2.24, 2.45) is 0 Å². The molecule has 3 aromatic rings. The van der Waals surface area contributed by atoms with Crippen LogP contribution in [0.5, 0.6) is 0 Å². The van der Waals surface area contributed by atoms with Crippen molar-refractivity contribution in [2.45, 2.75) is 17.6 Å². The Hall–Kier alpha value is -2.22. The van der Waals surface area contributed by atoms with Gasteiger partial charge in [-0.3, -0.25) is 14.7 Å². The number of pyridine rings is 1. The van der Waals surface area contributed by atoms with Gasteiger partial charge in [-0.25, -0.2) is 4.98 Å². The largest absolute Gasteiger partial charge is 0.611 e. The van der Waals surface area contributed by atoms with Gasteiger partial charge in [0.05, 0.1) is 12.1 Å². The predicted octanol–water partition coefficient (Wildman–Crippen LogP) is 3.46. The molecular weight excluding hydrogens is 366 g/mol. The van der Waals surface area contributed by atoms with Crippen LogP contribution in [0.3, 0.4) is 0 Å². The summed E-state index contributed by atoms with van der Waals surface area (Å²) in [4.78, 5) is 22.8. The molecule has 134 valence electrons. The molecule has 0 aliphatic heterocycles. The SMILES string of the molecule is Cc1nc(N(C)C(=O)Cc2ccc(-c3ccccn3)cc2)sc1[S+](C)[O-]. The summed E-state index contributed by atoms with van der Waals surface area (Å²) in [5.41, 5.74) is 3.56. The van der Waals surface area contributed by atoms with Crippen molar-refractivity contribution in [1.82, 2.24) is 9.97 Å². The van der Waals surface area contributed by atoms with Gasteiger partial charge in [-0.15, -0.1) is 0 Å². The summed E-state index contributed by atoms with van der Waals surface area (Å²) >= 11 is 0.204. The standard InChI is InChI=1S/C19H19N3O2S2/c1-13-18(26(3)24)25-19(21-13)22(2)17(23)12-14-7-9-15(10-8-14)16-6-4-5-11-20-16/h4-11H,12H2,1-3H3. The molecule has 0 radical (unpaired) electrons.